The van der Waals surface area contributed by atoms with Crippen molar-refractivity contribution in [2.45, 2.75) is 0 Å². The number of rotatable bonds is 2. The summed E-state index contributed by atoms with van der Waals surface area (Å²) in [5.74, 6) is 1.54. The molecule has 0 aliphatic rings. The number of methoxy groups -OCH3 is 2. The van der Waals surface area contributed by atoms with Crippen molar-refractivity contribution in [2.75, 3.05) is 21.4 Å². The largest absolute Gasteiger partial charge is 0.493 e. The van der Waals surface area contributed by atoms with Crippen molar-refractivity contribution in [1.29, 1.82) is 0 Å². The van der Waals surface area contributed by atoms with E-state index in [4.69, 9.17) is 9.47 Å². The summed E-state index contributed by atoms with van der Waals surface area (Å²) in [6.45, 7) is 0. The maximum atomic E-state index is 9.50. The van der Waals surface area contributed by atoms with Crippen LogP contribution in [0.4, 0.5) is 4.39 Å². The Kier molecular flexibility index (Phi) is 5.79. The van der Waals surface area contributed by atoms with Crippen LogP contribution in [0.3, 0.4) is 0 Å². The monoisotopic (exact) mass is 172 g/mol. The normalized spacial score (nSPS) is 8.00. The highest BCUT2D eigenvalue weighted by Gasteiger charge is 1.97. The van der Waals surface area contributed by atoms with Crippen LogP contribution in [0.5, 0.6) is 11.5 Å². The van der Waals surface area contributed by atoms with Gasteiger partial charge in [0.15, 0.2) is 11.5 Å². The fourth-order valence-electron chi connectivity index (χ4n) is 0.787. The molecule has 3 heteroatoms. The Bertz CT molecular complexity index is 190. The number of hydrogen-bond donors (Lipinski definition) is 0. The van der Waals surface area contributed by atoms with Crippen LogP contribution in [0.2, 0.25) is 0 Å². The van der Waals surface area contributed by atoms with Gasteiger partial charge in [-0.05, 0) is 12.1 Å². The highest BCUT2D eigenvalue weighted by atomic mass is 19.1. The summed E-state index contributed by atoms with van der Waals surface area (Å²) in [5.41, 5.74) is 0. The van der Waals surface area contributed by atoms with Crippen LogP contribution in [0, 0.1) is 0 Å². The second kappa shape index (κ2) is 6.46. The van der Waals surface area contributed by atoms with Gasteiger partial charge in [0.1, 0.15) is 0 Å². The molecule has 0 amide bonds. The Hall–Kier alpha value is -1.25. The van der Waals surface area contributed by atoms with Gasteiger partial charge < -0.3 is 9.47 Å². The predicted octanol–water partition coefficient (Wildman–Crippen LogP) is 2.29. The van der Waals surface area contributed by atoms with Crippen molar-refractivity contribution >= 4 is 0 Å². The predicted molar refractivity (Wildman–Crippen MR) is 46.6 cm³/mol. The number of ether oxygens (including phenoxy) is 2. The van der Waals surface area contributed by atoms with Gasteiger partial charge in [0.05, 0.1) is 21.4 Å². The molecule has 0 aromatic heterocycles. The lowest BCUT2D eigenvalue weighted by atomic mass is 10.3. The van der Waals surface area contributed by atoms with Gasteiger partial charge in [-0.25, -0.2) is 0 Å². The topological polar surface area (TPSA) is 18.5 Å². The molecule has 0 saturated carbocycles. The molecule has 0 aliphatic heterocycles. The first-order chi connectivity index (χ1) is 5.88. The Balaban J connectivity index is 0.000000561. The molecule has 0 aliphatic carbocycles. The van der Waals surface area contributed by atoms with Crippen LogP contribution in [-0.4, -0.2) is 21.4 Å². The van der Waals surface area contributed by atoms with Crippen molar-refractivity contribution in [3.05, 3.63) is 24.3 Å². The first kappa shape index (κ1) is 10.8. The third kappa shape index (κ3) is 2.78. The van der Waals surface area contributed by atoms with Crippen LogP contribution in [0.15, 0.2) is 24.3 Å². The summed E-state index contributed by atoms with van der Waals surface area (Å²) in [7, 11) is 3.75. The first-order valence-electron chi connectivity index (χ1n) is 3.43. The van der Waals surface area contributed by atoms with Crippen molar-refractivity contribution < 1.29 is 13.9 Å². The Morgan fingerprint density at radius 2 is 1.25 bits per heavy atom. The second-order valence-electron chi connectivity index (χ2n) is 1.85. The van der Waals surface area contributed by atoms with E-state index < -0.39 is 0 Å². The SMILES string of the molecule is CF.COc1ccccc1OC. The third-order valence-electron chi connectivity index (χ3n) is 1.29. The van der Waals surface area contributed by atoms with E-state index in [2.05, 4.69) is 0 Å². The maximum absolute atomic E-state index is 9.50. The molecule has 68 valence electrons. The van der Waals surface area contributed by atoms with Crippen LogP contribution in [0.1, 0.15) is 0 Å². The Morgan fingerprint density at radius 3 is 1.50 bits per heavy atom. The van der Waals surface area contributed by atoms with Gasteiger partial charge in [-0.2, -0.15) is 0 Å². The molecule has 1 aromatic rings. The van der Waals surface area contributed by atoms with Gasteiger partial charge in [-0.1, -0.05) is 12.1 Å². The van der Waals surface area contributed by atoms with E-state index in [1.54, 1.807) is 14.2 Å². The zero-order chi connectivity index (χ0) is 9.40. The zero-order valence-corrected chi connectivity index (χ0v) is 7.50. The van der Waals surface area contributed by atoms with Crippen LogP contribution in [0.25, 0.3) is 0 Å². The minimum atomic E-state index is 0.500. The van der Waals surface area contributed by atoms with Crippen molar-refractivity contribution in [3.8, 4) is 11.5 Å². The average molecular weight is 172 g/mol. The minimum absolute atomic E-state index is 0.500. The first-order valence-corrected chi connectivity index (χ1v) is 3.43. The van der Waals surface area contributed by atoms with E-state index in [0.29, 0.717) is 7.18 Å². The molecule has 0 saturated heterocycles. The molecule has 0 spiro atoms. The van der Waals surface area contributed by atoms with E-state index in [-0.39, 0.29) is 0 Å². The summed E-state index contributed by atoms with van der Waals surface area (Å²) in [4.78, 5) is 0. The molecule has 2 nitrogen and oxygen atoms in total. The van der Waals surface area contributed by atoms with E-state index >= 15 is 0 Å². The molecule has 1 rings (SSSR count). The van der Waals surface area contributed by atoms with Crippen molar-refractivity contribution in [2.24, 2.45) is 0 Å². The lowest BCUT2D eigenvalue weighted by Crippen LogP contribution is -1.88. The summed E-state index contributed by atoms with van der Waals surface area (Å²) in [6, 6.07) is 7.53. The number of alkyl halides is 1. The van der Waals surface area contributed by atoms with E-state index in [9.17, 15) is 4.39 Å². The van der Waals surface area contributed by atoms with Crippen LogP contribution < -0.4 is 9.47 Å². The number of halogens is 1. The standard InChI is InChI=1S/C8H10O2.CH3F/c1-9-7-5-3-4-6-8(7)10-2;1-2/h3-6H,1-2H3;1H3. The van der Waals surface area contributed by atoms with Crippen LogP contribution >= 0.6 is 0 Å². The van der Waals surface area contributed by atoms with Gasteiger partial charge in [0.2, 0.25) is 0 Å². The molecule has 0 heterocycles. The van der Waals surface area contributed by atoms with Crippen molar-refractivity contribution in [3.63, 3.8) is 0 Å². The smallest absolute Gasteiger partial charge is 0.160 e. The van der Waals surface area contributed by atoms with Gasteiger partial charge in [-0.15, -0.1) is 0 Å². The average Bonchev–Trinajstić information content (AvgIpc) is 2.20. The second-order valence-corrected chi connectivity index (χ2v) is 1.85. The highest BCUT2D eigenvalue weighted by Crippen LogP contribution is 2.24. The minimum Gasteiger partial charge on any atom is -0.493 e. The van der Waals surface area contributed by atoms with E-state index in [1.807, 2.05) is 24.3 Å². The molecule has 0 bridgehead atoms. The summed E-state index contributed by atoms with van der Waals surface area (Å²) < 4.78 is 19.5. The molecule has 12 heavy (non-hydrogen) atoms. The molecular weight excluding hydrogens is 159 g/mol. The van der Waals surface area contributed by atoms with E-state index in [1.165, 1.54) is 0 Å². The molecule has 0 atom stereocenters. The maximum Gasteiger partial charge on any atom is 0.160 e. The van der Waals surface area contributed by atoms with Gasteiger partial charge in [0.25, 0.3) is 0 Å². The van der Waals surface area contributed by atoms with Gasteiger partial charge >= 0.3 is 0 Å². The molecule has 0 unspecified atom stereocenters. The summed E-state index contributed by atoms with van der Waals surface area (Å²) >= 11 is 0. The van der Waals surface area contributed by atoms with Gasteiger partial charge in [0, 0.05) is 0 Å². The fraction of sp³-hybridized carbons (Fsp3) is 0.333. The van der Waals surface area contributed by atoms with E-state index in [0.717, 1.165) is 11.5 Å². The number of para-hydroxylation sites is 2. The fourth-order valence-corrected chi connectivity index (χ4v) is 0.787. The summed E-state index contributed by atoms with van der Waals surface area (Å²) in [6.07, 6.45) is 0. The molecule has 0 radical (unpaired) electrons. The third-order valence-corrected chi connectivity index (χ3v) is 1.29. The Labute approximate surface area is 71.9 Å². The molecule has 0 fully saturated rings. The molecule has 0 N–H and O–H groups in total. The van der Waals surface area contributed by atoms with Gasteiger partial charge in [-0.3, -0.25) is 4.39 Å². The molecular formula is C9H13FO2. The highest BCUT2D eigenvalue weighted by molar-refractivity contribution is 5.38. The van der Waals surface area contributed by atoms with Crippen molar-refractivity contribution in [1.82, 2.24) is 0 Å². The quantitative estimate of drug-likeness (QED) is 0.681. The number of hydrogen-bond acceptors (Lipinski definition) is 2. The zero-order valence-electron chi connectivity index (χ0n) is 7.50. The lowest BCUT2D eigenvalue weighted by Gasteiger charge is -2.04. The number of benzene rings is 1. The Morgan fingerprint density at radius 1 is 0.917 bits per heavy atom. The molecule has 1 aromatic carbocycles. The summed E-state index contributed by atoms with van der Waals surface area (Å²) in [5, 5.41) is 0. The van der Waals surface area contributed by atoms with Crippen LogP contribution in [-0.2, 0) is 0 Å². The lowest BCUT2D eigenvalue weighted by molar-refractivity contribution is 0.355.